The predicted octanol–water partition coefficient (Wildman–Crippen LogP) is 5.03. The second-order valence-electron chi connectivity index (χ2n) is 4.40. The van der Waals surface area contributed by atoms with Crippen LogP contribution in [0.3, 0.4) is 0 Å². The summed E-state index contributed by atoms with van der Waals surface area (Å²) in [5, 5.41) is 1.20. The maximum atomic E-state index is 6.12. The van der Waals surface area contributed by atoms with Gasteiger partial charge in [0.2, 0.25) is 0 Å². The molecule has 0 aliphatic heterocycles. The third-order valence-electron chi connectivity index (χ3n) is 2.99. The lowest BCUT2D eigenvalue weighted by atomic mass is 10.0. The molecular weight excluding hydrogens is 317 g/mol. The highest BCUT2D eigenvalue weighted by atomic mass is 35.5. The van der Waals surface area contributed by atoms with Crippen LogP contribution in [0.4, 0.5) is 0 Å². The van der Waals surface area contributed by atoms with E-state index in [1.165, 1.54) is 0 Å². The van der Waals surface area contributed by atoms with Crippen LogP contribution in [0.2, 0.25) is 15.1 Å². The van der Waals surface area contributed by atoms with E-state index in [2.05, 4.69) is 0 Å². The van der Waals surface area contributed by atoms with E-state index in [-0.39, 0.29) is 6.10 Å². The van der Waals surface area contributed by atoms with Crippen molar-refractivity contribution in [1.82, 2.24) is 0 Å². The number of benzene rings is 2. The summed E-state index contributed by atoms with van der Waals surface area (Å²) in [5.41, 5.74) is 7.95. The van der Waals surface area contributed by atoms with Gasteiger partial charge in [-0.15, -0.1) is 0 Å². The minimum atomic E-state index is -0.286. The lowest BCUT2D eigenvalue weighted by Gasteiger charge is -2.20. The van der Waals surface area contributed by atoms with Crippen molar-refractivity contribution in [3.05, 3.63) is 62.6 Å². The molecule has 20 heavy (non-hydrogen) atoms. The average Bonchev–Trinajstić information content (AvgIpc) is 2.42. The largest absolute Gasteiger partial charge is 0.483 e. The van der Waals surface area contributed by atoms with E-state index in [1.807, 2.05) is 31.2 Å². The van der Waals surface area contributed by atoms with Crippen LogP contribution in [0.15, 0.2) is 36.4 Å². The zero-order valence-corrected chi connectivity index (χ0v) is 13.1. The Bertz CT molecular complexity index is 616. The molecule has 2 nitrogen and oxygen atoms in total. The summed E-state index contributed by atoms with van der Waals surface area (Å²) in [6, 6.07) is 11.1. The van der Waals surface area contributed by atoms with Crippen molar-refractivity contribution in [3.63, 3.8) is 0 Å². The minimum Gasteiger partial charge on any atom is -0.483 e. The minimum absolute atomic E-state index is 0.286. The third-order valence-corrected chi connectivity index (χ3v) is 4.01. The molecule has 0 amide bonds. The maximum Gasteiger partial charge on any atom is 0.140 e. The number of hydrogen-bond acceptors (Lipinski definition) is 2. The molecule has 2 rings (SSSR count). The predicted molar refractivity (Wildman–Crippen MR) is 85.1 cm³/mol. The first-order valence-corrected chi connectivity index (χ1v) is 7.23. The molecule has 1 unspecified atom stereocenters. The van der Waals surface area contributed by atoms with Gasteiger partial charge >= 0.3 is 0 Å². The molecule has 2 N–H and O–H groups in total. The Hall–Kier alpha value is -0.930. The number of hydrogen-bond donors (Lipinski definition) is 1. The Labute approximate surface area is 133 Å². The molecule has 106 valence electrons. The van der Waals surface area contributed by atoms with Crippen molar-refractivity contribution in [2.45, 2.75) is 13.0 Å². The van der Waals surface area contributed by atoms with Crippen LogP contribution in [0.1, 0.15) is 17.2 Å². The van der Waals surface area contributed by atoms with Gasteiger partial charge in [-0.25, -0.2) is 0 Å². The summed E-state index contributed by atoms with van der Waals surface area (Å²) < 4.78 is 5.90. The summed E-state index contributed by atoms with van der Waals surface area (Å²) in [5.74, 6) is 0.472. The van der Waals surface area contributed by atoms with Gasteiger partial charge in [0.1, 0.15) is 11.9 Å². The van der Waals surface area contributed by atoms with Crippen LogP contribution >= 0.6 is 34.8 Å². The normalized spacial score (nSPS) is 12.2. The van der Waals surface area contributed by atoms with E-state index in [9.17, 15) is 0 Å². The molecule has 0 aliphatic rings. The Balaban J connectivity index is 2.32. The summed E-state index contributed by atoms with van der Waals surface area (Å²) in [4.78, 5) is 0. The van der Waals surface area contributed by atoms with Crippen molar-refractivity contribution >= 4 is 34.8 Å². The van der Waals surface area contributed by atoms with E-state index < -0.39 is 0 Å². The van der Waals surface area contributed by atoms with Crippen LogP contribution in [-0.4, -0.2) is 6.54 Å². The molecule has 0 fully saturated rings. The summed E-state index contributed by atoms with van der Waals surface area (Å²) in [6.07, 6.45) is -0.286. The topological polar surface area (TPSA) is 35.2 Å². The van der Waals surface area contributed by atoms with Crippen molar-refractivity contribution in [3.8, 4) is 5.75 Å². The van der Waals surface area contributed by atoms with Gasteiger partial charge in [-0.1, -0.05) is 59.1 Å². The van der Waals surface area contributed by atoms with Gasteiger partial charge in [0, 0.05) is 12.6 Å². The molecule has 0 radical (unpaired) electrons. The quantitative estimate of drug-likeness (QED) is 0.798. The Kier molecular flexibility index (Phi) is 5.17. The first-order chi connectivity index (χ1) is 9.52. The third kappa shape index (κ3) is 3.39. The van der Waals surface area contributed by atoms with Gasteiger partial charge in [-0.3, -0.25) is 0 Å². The first-order valence-electron chi connectivity index (χ1n) is 6.09. The Morgan fingerprint density at radius 1 is 1.05 bits per heavy atom. The monoisotopic (exact) mass is 329 g/mol. The van der Waals surface area contributed by atoms with Crippen molar-refractivity contribution < 1.29 is 4.74 Å². The molecule has 0 bridgehead atoms. The number of ether oxygens (including phenoxy) is 1. The van der Waals surface area contributed by atoms with Crippen LogP contribution in [0.25, 0.3) is 0 Å². The molecule has 0 aromatic heterocycles. The van der Waals surface area contributed by atoms with E-state index in [0.717, 1.165) is 11.1 Å². The second-order valence-corrected chi connectivity index (χ2v) is 5.62. The van der Waals surface area contributed by atoms with Crippen LogP contribution < -0.4 is 10.5 Å². The van der Waals surface area contributed by atoms with E-state index in [4.69, 9.17) is 45.3 Å². The van der Waals surface area contributed by atoms with Crippen molar-refractivity contribution in [2.24, 2.45) is 5.73 Å². The molecule has 5 heteroatoms. The van der Waals surface area contributed by atoms with Crippen LogP contribution in [0, 0.1) is 6.92 Å². The standard InChI is InChI=1S/C15H14Cl3NO/c1-9-4-2-3-5-10(9)15(8-19)20-14-7-12(17)11(16)6-13(14)18/h2-7,15H,8,19H2,1H3. The fourth-order valence-electron chi connectivity index (χ4n) is 1.93. The van der Waals surface area contributed by atoms with E-state index >= 15 is 0 Å². The zero-order chi connectivity index (χ0) is 14.7. The fourth-order valence-corrected chi connectivity index (χ4v) is 2.52. The summed E-state index contributed by atoms with van der Waals surface area (Å²) in [7, 11) is 0. The summed E-state index contributed by atoms with van der Waals surface area (Å²) in [6.45, 7) is 2.35. The highest BCUT2D eigenvalue weighted by molar-refractivity contribution is 6.43. The number of halogens is 3. The molecule has 1 atom stereocenters. The molecule has 0 spiro atoms. The Morgan fingerprint density at radius 2 is 1.70 bits per heavy atom. The average molecular weight is 331 g/mol. The second kappa shape index (κ2) is 6.68. The van der Waals surface area contributed by atoms with Gasteiger partial charge in [-0.05, 0) is 24.1 Å². The van der Waals surface area contributed by atoms with E-state index in [1.54, 1.807) is 12.1 Å². The molecule has 2 aromatic carbocycles. The number of rotatable bonds is 4. The molecule has 0 saturated carbocycles. The summed E-state index contributed by atoms with van der Waals surface area (Å²) >= 11 is 18.0. The number of aryl methyl sites for hydroxylation is 1. The van der Waals surface area contributed by atoms with Crippen molar-refractivity contribution in [1.29, 1.82) is 0 Å². The SMILES string of the molecule is Cc1ccccc1C(CN)Oc1cc(Cl)c(Cl)cc1Cl. The van der Waals surface area contributed by atoms with Crippen LogP contribution in [0.5, 0.6) is 5.75 Å². The molecule has 2 aromatic rings. The smallest absolute Gasteiger partial charge is 0.140 e. The van der Waals surface area contributed by atoms with Gasteiger partial charge in [0.15, 0.2) is 0 Å². The highest BCUT2D eigenvalue weighted by Gasteiger charge is 2.16. The zero-order valence-electron chi connectivity index (χ0n) is 10.9. The van der Waals surface area contributed by atoms with Crippen LogP contribution in [-0.2, 0) is 0 Å². The highest BCUT2D eigenvalue weighted by Crippen LogP contribution is 2.36. The van der Waals surface area contributed by atoms with Gasteiger partial charge in [0.25, 0.3) is 0 Å². The molecule has 0 aliphatic carbocycles. The molecule has 0 saturated heterocycles. The molecular formula is C15H14Cl3NO. The van der Waals surface area contributed by atoms with Gasteiger partial charge in [0.05, 0.1) is 15.1 Å². The fraction of sp³-hybridized carbons (Fsp3) is 0.200. The van der Waals surface area contributed by atoms with E-state index in [0.29, 0.717) is 27.4 Å². The molecule has 0 heterocycles. The lowest BCUT2D eigenvalue weighted by molar-refractivity contribution is 0.213. The Morgan fingerprint density at radius 3 is 2.35 bits per heavy atom. The number of nitrogens with two attached hydrogens (primary N) is 1. The van der Waals surface area contributed by atoms with Crippen molar-refractivity contribution in [2.75, 3.05) is 6.54 Å². The van der Waals surface area contributed by atoms with Gasteiger partial charge in [-0.2, -0.15) is 0 Å². The lowest BCUT2D eigenvalue weighted by Crippen LogP contribution is -2.19. The first kappa shape index (κ1) is 15.5. The maximum absolute atomic E-state index is 6.12. The van der Waals surface area contributed by atoms with Gasteiger partial charge < -0.3 is 10.5 Å².